The molecule has 2 amide bonds. The molecule has 1 aliphatic rings. The van der Waals surface area contributed by atoms with Gasteiger partial charge in [-0.15, -0.1) is 0 Å². The molecule has 0 radical (unpaired) electrons. The number of benzene rings is 1. The summed E-state index contributed by atoms with van der Waals surface area (Å²) in [4.78, 5) is 13.8. The topological polar surface area (TPSA) is 61.0 Å². The first-order valence-corrected chi connectivity index (χ1v) is 7.19. The van der Waals surface area contributed by atoms with Crippen molar-refractivity contribution in [3.8, 4) is 0 Å². The van der Waals surface area contributed by atoms with Gasteiger partial charge < -0.3 is 10.2 Å². The second-order valence-electron chi connectivity index (χ2n) is 5.35. The van der Waals surface area contributed by atoms with Crippen molar-refractivity contribution in [2.75, 3.05) is 11.9 Å². The standard InChI is InChI=1S/C15H15F3N4O/c16-15(17,18)12-5-2-1-4-11(12)13-6-3-7-22(13)14(23)21-10-8-19-20-9-10/h1-2,4-5,8-9,13H,3,6-7H2,(H,19,20)(H,21,23). The summed E-state index contributed by atoms with van der Waals surface area (Å²) < 4.78 is 39.6. The number of carbonyl (C=O) groups excluding carboxylic acids is 1. The van der Waals surface area contributed by atoms with Crippen LogP contribution in [0.1, 0.15) is 30.0 Å². The first-order chi connectivity index (χ1) is 11.0. The number of H-pyrrole nitrogens is 1. The van der Waals surface area contributed by atoms with E-state index >= 15 is 0 Å². The number of carbonyl (C=O) groups is 1. The molecule has 3 rings (SSSR count). The molecule has 8 heteroatoms. The Balaban J connectivity index is 1.86. The molecular formula is C15H15F3N4O. The van der Waals surface area contributed by atoms with Crippen LogP contribution in [0.25, 0.3) is 0 Å². The fourth-order valence-corrected chi connectivity index (χ4v) is 2.89. The highest BCUT2D eigenvalue weighted by molar-refractivity contribution is 5.89. The van der Waals surface area contributed by atoms with Gasteiger partial charge in [0.1, 0.15) is 0 Å². The molecule has 1 aromatic heterocycles. The Morgan fingerprint density at radius 1 is 1.35 bits per heavy atom. The molecule has 0 bridgehead atoms. The zero-order valence-electron chi connectivity index (χ0n) is 12.1. The number of halogens is 3. The first-order valence-electron chi connectivity index (χ1n) is 7.19. The van der Waals surface area contributed by atoms with E-state index in [1.807, 2.05) is 0 Å². The lowest BCUT2D eigenvalue weighted by molar-refractivity contribution is -0.138. The molecule has 122 valence electrons. The summed E-state index contributed by atoms with van der Waals surface area (Å²) >= 11 is 0. The number of rotatable bonds is 2. The maximum atomic E-state index is 13.2. The molecule has 1 fully saturated rings. The van der Waals surface area contributed by atoms with Gasteiger partial charge in [0, 0.05) is 12.7 Å². The summed E-state index contributed by atoms with van der Waals surface area (Å²) in [7, 11) is 0. The SMILES string of the molecule is O=C(Nc1cn[nH]c1)N1CCCC1c1ccccc1C(F)(F)F. The number of urea groups is 1. The Morgan fingerprint density at radius 3 is 2.83 bits per heavy atom. The lowest BCUT2D eigenvalue weighted by Gasteiger charge is -2.27. The number of alkyl halides is 3. The van der Waals surface area contributed by atoms with Crippen molar-refractivity contribution in [1.29, 1.82) is 0 Å². The molecule has 2 N–H and O–H groups in total. The van der Waals surface area contributed by atoms with Gasteiger partial charge in [0.2, 0.25) is 0 Å². The molecule has 0 saturated carbocycles. The number of hydrogen-bond acceptors (Lipinski definition) is 2. The molecule has 1 aromatic carbocycles. The quantitative estimate of drug-likeness (QED) is 0.883. The van der Waals surface area contributed by atoms with Gasteiger partial charge in [0.15, 0.2) is 0 Å². The second-order valence-corrected chi connectivity index (χ2v) is 5.35. The molecule has 1 aliphatic heterocycles. The number of aromatic nitrogens is 2. The Bertz CT molecular complexity index is 684. The number of nitrogens with zero attached hydrogens (tertiary/aromatic N) is 2. The lowest BCUT2D eigenvalue weighted by Crippen LogP contribution is -2.35. The number of hydrogen-bond donors (Lipinski definition) is 2. The summed E-state index contributed by atoms with van der Waals surface area (Å²) in [5.41, 5.74) is -0.0717. The molecule has 1 saturated heterocycles. The Labute approximate surface area is 130 Å². The number of anilines is 1. The van der Waals surface area contributed by atoms with E-state index in [-0.39, 0.29) is 5.56 Å². The van der Waals surface area contributed by atoms with Gasteiger partial charge in [-0.2, -0.15) is 18.3 Å². The molecule has 1 atom stereocenters. The number of nitrogens with one attached hydrogen (secondary N) is 2. The normalized spacial score (nSPS) is 18.2. The van der Waals surface area contributed by atoms with E-state index in [0.717, 1.165) is 6.07 Å². The molecule has 2 aromatic rings. The van der Waals surface area contributed by atoms with Crippen LogP contribution in [0, 0.1) is 0 Å². The summed E-state index contributed by atoms with van der Waals surface area (Å²) in [5, 5.41) is 8.92. The van der Waals surface area contributed by atoms with E-state index in [9.17, 15) is 18.0 Å². The molecule has 5 nitrogen and oxygen atoms in total. The third kappa shape index (κ3) is 3.15. The van der Waals surface area contributed by atoms with Gasteiger partial charge in [-0.05, 0) is 24.5 Å². The molecule has 23 heavy (non-hydrogen) atoms. The number of likely N-dealkylation sites (tertiary alicyclic amines) is 1. The predicted molar refractivity (Wildman–Crippen MR) is 77.7 cm³/mol. The molecule has 1 unspecified atom stereocenters. The maximum absolute atomic E-state index is 13.2. The van der Waals surface area contributed by atoms with E-state index < -0.39 is 23.8 Å². The molecule has 2 heterocycles. The summed E-state index contributed by atoms with van der Waals surface area (Å²) in [6, 6.07) is 4.41. The van der Waals surface area contributed by atoms with Crippen molar-refractivity contribution < 1.29 is 18.0 Å². The second kappa shape index (κ2) is 5.94. The smallest absolute Gasteiger partial charge is 0.317 e. The van der Waals surface area contributed by atoms with Crippen LogP contribution in [0.5, 0.6) is 0 Å². The van der Waals surface area contributed by atoms with Gasteiger partial charge in [0.05, 0.1) is 23.5 Å². The Morgan fingerprint density at radius 2 is 2.13 bits per heavy atom. The lowest BCUT2D eigenvalue weighted by atomic mass is 9.98. The molecule has 0 aliphatic carbocycles. The molecular weight excluding hydrogens is 309 g/mol. The van der Waals surface area contributed by atoms with Gasteiger partial charge in [0.25, 0.3) is 0 Å². The Hall–Kier alpha value is -2.51. The maximum Gasteiger partial charge on any atom is 0.416 e. The predicted octanol–water partition coefficient (Wildman–Crippen LogP) is 3.80. The van der Waals surface area contributed by atoms with Crippen molar-refractivity contribution >= 4 is 11.7 Å². The van der Waals surface area contributed by atoms with Crippen molar-refractivity contribution in [2.45, 2.75) is 25.1 Å². The average Bonchev–Trinajstić information content (AvgIpc) is 3.17. The average molecular weight is 324 g/mol. The minimum absolute atomic E-state index is 0.139. The van der Waals surface area contributed by atoms with Crippen LogP contribution >= 0.6 is 0 Å². The Kier molecular flexibility index (Phi) is 3.97. The van der Waals surface area contributed by atoms with Crippen molar-refractivity contribution in [3.63, 3.8) is 0 Å². The fraction of sp³-hybridized carbons (Fsp3) is 0.333. The van der Waals surface area contributed by atoms with Gasteiger partial charge >= 0.3 is 12.2 Å². The molecule has 0 spiro atoms. The number of amides is 2. The van der Waals surface area contributed by atoms with Crippen LogP contribution in [0.15, 0.2) is 36.7 Å². The van der Waals surface area contributed by atoms with Crippen LogP contribution in [-0.2, 0) is 6.18 Å². The zero-order valence-corrected chi connectivity index (χ0v) is 12.1. The highest BCUT2D eigenvalue weighted by Crippen LogP contribution is 2.40. The fourth-order valence-electron chi connectivity index (χ4n) is 2.89. The van der Waals surface area contributed by atoms with Crippen LogP contribution in [0.2, 0.25) is 0 Å². The largest absolute Gasteiger partial charge is 0.416 e. The minimum atomic E-state index is -4.44. The van der Waals surface area contributed by atoms with E-state index in [2.05, 4.69) is 15.5 Å². The van der Waals surface area contributed by atoms with E-state index in [1.165, 1.54) is 29.4 Å². The van der Waals surface area contributed by atoms with Crippen LogP contribution in [0.4, 0.5) is 23.7 Å². The minimum Gasteiger partial charge on any atom is -0.317 e. The van der Waals surface area contributed by atoms with Crippen molar-refractivity contribution in [1.82, 2.24) is 15.1 Å². The van der Waals surface area contributed by atoms with E-state index in [0.29, 0.717) is 25.1 Å². The van der Waals surface area contributed by atoms with Crippen LogP contribution in [-0.4, -0.2) is 27.7 Å². The van der Waals surface area contributed by atoms with Crippen LogP contribution in [0.3, 0.4) is 0 Å². The van der Waals surface area contributed by atoms with Crippen molar-refractivity contribution in [3.05, 3.63) is 47.8 Å². The monoisotopic (exact) mass is 324 g/mol. The third-order valence-corrected chi connectivity index (χ3v) is 3.89. The summed E-state index contributed by atoms with van der Waals surface area (Å²) in [5.74, 6) is 0. The van der Waals surface area contributed by atoms with Gasteiger partial charge in [-0.1, -0.05) is 18.2 Å². The third-order valence-electron chi connectivity index (χ3n) is 3.89. The zero-order chi connectivity index (χ0) is 16.4. The highest BCUT2D eigenvalue weighted by Gasteiger charge is 2.38. The van der Waals surface area contributed by atoms with Crippen LogP contribution < -0.4 is 5.32 Å². The van der Waals surface area contributed by atoms with E-state index in [4.69, 9.17) is 0 Å². The van der Waals surface area contributed by atoms with Gasteiger partial charge in [-0.3, -0.25) is 5.10 Å². The highest BCUT2D eigenvalue weighted by atomic mass is 19.4. The van der Waals surface area contributed by atoms with Gasteiger partial charge in [-0.25, -0.2) is 4.79 Å². The summed E-state index contributed by atoms with van der Waals surface area (Å²) in [6.07, 6.45) is -0.327. The number of aromatic amines is 1. The first kappa shape index (κ1) is 15.4. The summed E-state index contributed by atoms with van der Waals surface area (Å²) in [6.45, 7) is 0.417. The van der Waals surface area contributed by atoms with Crippen molar-refractivity contribution in [2.24, 2.45) is 0 Å². The van der Waals surface area contributed by atoms with E-state index in [1.54, 1.807) is 6.07 Å².